The van der Waals surface area contributed by atoms with Gasteiger partial charge in [0.05, 0.1) is 7.11 Å². The fourth-order valence-corrected chi connectivity index (χ4v) is 2.73. The van der Waals surface area contributed by atoms with Crippen LogP contribution in [0.15, 0.2) is 24.3 Å². The molecule has 94 valence electrons. The molecule has 0 amide bonds. The molecule has 2 nitrogen and oxygen atoms in total. The minimum atomic E-state index is 0.668. The van der Waals surface area contributed by atoms with Gasteiger partial charge in [0, 0.05) is 6.04 Å². The summed E-state index contributed by atoms with van der Waals surface area (Å²) in [4.78, 5) is 2.56. The number of para-hydroxylation sites is 1. The van der Waals surface area contributed by atoms with Crippen molar-refractivity contribution in [1.29, 1.82) is 0 Å². The van der Waals surface area contributed by atoms with Gasteiger partial charge >= 0.3 is 0 Å². The Morgan fingerprint density at radius 3 is 2.41 bits per heavy atom. The van der Waals surface area contributed by atoms with E-state index in [1.165, 1.54) is 31.5 Å². The predicted molar refractivity (Wildman–Crippen MR) is 71.7 cm³/mol. The number of benzene rings is 1. The van der Waals surface area contributed by atoms with Crippen LogP contribution >= 0.6 is 0 Å². The number of nitrogens with zero attached hydrogens (tertiary/aromatic N) is 1. The molecule has 2 heteroatoms. The Hall–Kier alpha value is -1.02. The maximum Gasteiger partial charge on any atom is 0.122 e. The van der Waals surface area contributed by atoms with E-state index in [2.05, 4.69) is 36.9 Å². The Morgan fingerprint density at radius 1 is 1.18 bits per heavy atom. The Bertz CT molecular complexity index is 354. The highest BCUT2D eigenvalue weighted by molar-refractivity contribution is 5.36. The molecule has 0 aliphatic carbocycles. The van der Waals surface area contributed by atoms with Gasteiger partial charge in [-0.3, -0.25) is 0 Å². The molecule has 0 bridgehead atoms. The second kappa shape index (κ2) is 5.54. The van der Waals surface area contributed by atoms with E-state index < -0.39 is 0 Å². The van der Waals surface area contributed by atoms with Crippen molar-refractivity contribution in [3.8, 4) is 5.75 Å². The smallest absolute Gasteiger partial charge is 0.122 e. The average molecular weight is 233 g/mol. The molecule has 2 rings (SSSR count). The summed E-state index contributed by atoms with van der Waals surface area (Å²) in [5, 5.41) is 0. The van der Waals surface area contributed by atoms with Gasteiger partial charge in [0.25, 0.3) is 0 Å². The third kappa shape index (κ3) is 2.81. The number of rotatable bonds is 3. The van der Waals surface area contributed by atoms with Crippen molar-refractivity contribution in [3.05, 3.63) is 29.8 Å². The third-order valence-electron chi connectivity index (χ3n) is 3.84. The van der Waals surface area contributed by atoms with E-state index in [4.69, 9.17) is 4.74 Å². The molecule has 1 aliphatic heterocycles. The van der Waals surface area contributed by atoms with Crippen LogP contribution in [0.3, 0.4) is 0 Å². The van der Waals surface area contributed by atoms with Gasteiger partial charge in [-0.25, -0.2) is 0 Å². The highest BCUT2D eigenvalue weighted by atomic mass is 16.5. The first-order chi connectivity index (χ1) is 8.22. The number of likely N-dealkylation sites (tertiary alicyclic amines) is 1. The molecule has 1 heterocycles. The minimum absolute atomic E-state index is 0.668. The Labute approximate surface area is 105 Å². The van der Waals surface area contributed by atoms with Gasteiger partial charge in [-0.15, -0.1) is 0 Å². The molecule has 1 aliphatic rings. The van der Waals surface area contributed by atoms with Crippen LogP contribution in [0.4, 0.5) is 0 Å². The van der Waals surface area contributed by atoms with Gasteiger partial charge in [0.15, 0.2) is 0 Å². The number of hydrogen-bond acceptors (Lipinski definition) is 2. The summed E-state index contributed by atoms with van der Waals surface area (Å²) in [7, 11) is 1.77. The highest BCUT2D eigenvalue weighted by Crippen LogP contribution is 2.34. The molecule has 0 atom stereocenters. The topological polar surface area (TPSA) is 12.5 Å². The zero-order valence-electron chi connectivity index (χ0n) is 11.1. The maximum absolute atomic E-state index is 5.46. The fourth-order valence-electron chi connectivity index (χ4n) is 2.73. The van der Waals surface area contributed by atoms with Crippen molar-refractivity contribution >= 4 is 0 Å². The number of piperidine rings is 1. The fraction of sp³-hybridized carbons (Fsp3) is 0.600. The molecule has 17 heavy (non-hydrogen) atoms. The monoisotopic (exact) mass is 233 g/mol. The summed E-state index contributed by atoms with van der Waals surface area (Å²) in [5.41, 5.74) is 1.39. The normalized spacial score (nSPS) is 18.6. The van der Waals surface area contributed by atoms with Crippen LogP contribution in [0.5, 0.6) is 5.75 Å². The van der Waals surface area contributed by atoms with Gasteiger partial charge in [-0.2, -0.15) is 0 Å². The van der Waals surface area contributed by atoms with E-state index >= 15 is 0 Å². The molecule has 0 radical (unpaired) electrons. The number of methoxy groups -OCH3 is 1. The van der Waals surface area contributed by atoms with Crippen molar-refractivity contribution in [2.45, 2.75) is 38.6 Å². The van der Waals surface area contributed by atoms with Crippen LogP contribution in [0.1, 0.15) is 38.2 Å². The lowest BCUT2D eigenvalue weighted by Crippen LogP contribution is -2.37. The van der Waals surface area contributed by atoms with E-state index in [0.717, 1.165) is 5.75 Å². The maximum atomic E-state index is 5.46. The van der Waals surface area contributed by atoms with Gasteiger partial charge in [0.1, 0.15) is 5.75 Å². The highest BCUT2D eigenvalue weighted by Gasteiger charge is 2.23. The predicted octanol–water partition coefficient (Wildman–Crippen LogP) is 3.28. The molecular weight excluding hydrogens is 210 g/mol. The van der Waals surface area contributed by atoms with Crippen molar-refractivity contribution in [2.75, 3.05) is 20.2 Å². The number of ether oxygens (including phenoxy) is 1. The van der Waals surface area contributed by atoms with E-state index in [1.807, 2.05) is 6.07 Å². The SMILES string of the molecule is COc1ccccc1C1CCN(C(C)C)CC1. The van der Waals surface area contributed by atoms with Crippen molar-refractivity contribution in [2.24, 2.45) is 0 Å². The second-order valence-electron chi connectivity index (χ2n) is 5.15. The molecule has 1 aromatic rings. The van der Waals surface area contributed by atoms with Crippen LogP contribution in [0.2, 0.25) is 0 Å². The van der Waals surface area contributed by atoms with E-state index in [1.54, 1.807) is 7.11 Å². The lowest BCUT2D eigenvalue weighted by atomic mass is 9.88. The van der Waals surface area contributed by atoms with E-state index in [-0.39, 0.29) is 0 Å². The zero-order valence-corrected chi connectivity index (χ0v) is 11.1. The lowest BCUT2D eigenvalue weighted by molar-refractivity contribution is 0.171. The Balaban J connectivity index is 2.05. The largest absolute Gasteiger partial charge is 0.496 e. The quantitative estimate of drug-likeness (QED) is 0.794. The average Bonchev–Trinajstić information content (AvgIpc) is 2.39. The first kappa shape index (κ1) is 12.4. The summed E-state index contributed by atoms with van der Waals surface area (Å²) in [6, 6.07) is 9.13. The van der Waals surface area contributed by atoms with Gasteiger partial charge < -0.3 is 9.64 Å². The molecule has 0 N–H and O–H groups in total. The molecule has 0 aromatic heterocycles. The first-order valence-electron chi connectivity index (χ1n) is 6.59. The molecular formula is C15H23NO. The van der Waals surface area contributed by atoms with Crippen LogP contribution in [0, 0.1) is 0 Å². The standard InChI is InChI=1S/C15H23NO/c1-12(2)16-10-8-13(9-11-16)14-6-4-5-7-15(14)17-3/h4-7,12-13H,8-11H2,1-3H3. The van der Waals surface area contributed by atoms with Crippen molar-refractivity contribution in [1.82, 2.24) is 4.90 Å². The van der Waals surface area contributed by atoms with Crippen molar-refractivity contribution < 1.29 is 4.74 Å². The van der Waals surface area contributed by atoms with Crippen LogP contribution in [-0.4, -0.2) is 31.1 Å². The van der Waals surface area contributed by atoms with Gasteiger partial charge in [-0.05, 0) is 57.3 Å². The molecule has 0 unspecified atom stereocenters. The van der Waals surface area contributed by atoms with Crippen LogP contribution in [0.25, 0.3) is 0 Å². The second-order valence-corrected chi connectivity index (χ2v) is 5.15. The van der Waals surface area contributed by atoms with E-state index in [9.17, 15) is 0 Å². The summed E-state index contributed by atoms with van der Waals surface area (Å²) < 4.78 is 5.46. The summed E-state index contributed by atoms with van der Waals surface area (Å²) in [6.07, 6.45) is 2.50. The third-order valence-corrected chi connectivity index (χ3v) is 3.84. The Kier molecular flexibility index (Phi) is 4.06. The molecule has 0 saturated carbocycles. The molecule has 1 fully saturated rings. The summed E-state index contributed by atoms with van der Waals surface area (Å²) in [6.45, 7) is 6.98. The molecule has 1 saturated heterocycles. The zero-order chi connectivity index (χ0) is 12.3. The Morgan fingerprint density at radius 2 is 1.82 bits per heavy atom. The molecule has 0 spiro atoms. The van der Waals surface area contributed by atoms with E-state index in [0.29, 0.717) is 12.0 Å². The summed E-state index contributed by atoms with van der Waals surface area (Å²) in [5.74, 6) is 1.72. The summed E-state index contributed by atoms with van der Waals surface area (Å²) >= 11 is 0. The van der Waals surface area contributed by atoms with Crippen LogP contribution < -0.4 is 4.74 Å². The van der Waals surface area contributed by atoms with Crippen molar-refractivity contribution in [3.63, 3.8) is 0 Å². The van der Waals surface area contributed by atoms with Gasteiger partial charge in [0.2, 0.25) is 0 Å². The lowest BCUT2D eigenvalue weighted by Gasteiger charge is -2.35. The molecule has 1 aromatic carbocycles. The van der Waals surface area contributed by atoms with Crippen LogP contribution in [-0.2, 0) is 0 Å². The number of hydrogen-bond donors (Lipinski definition) is 0. The minimum Gasteiger partial charge on any atom is -0.496 e. The first-order valence-corrected chi connectivity index (χ1v) is 6.59. The van der Waals surface area contributed by atoms with Gasteiger partial charge in [-0.1, -0.05) is 18.2 Å².